The molecule has 0 spiro atoms. The lowest BCUT2D eigenvalue weighted by atomic mass is 9.93. The summed E-state index contributed by atoms with van der Waals surface area (Å²) in [5.74, 6) is 0.639. The summed E-state index contributed by atoms with van der Waals surface area (Å²) in [6.07, 6.45) is 3.84. The lowest BCUT2D eigenvalue weighted by molar-refractivity contribution is 0.670. The molecule has 4 heterocycles. The van der Waals surface area contributed by atoms with Crippen molar-refractivity contribution < 1.29 is 8.83 Å². The van der Waals surface area contributed by atoms with Crippen LogP contribution in [0, 0.1) is 0 Å². The molecule has 0 unspecified atom stereocenters. The van der Waals surface area contributed by atoms with Crippen LogP contribution < -0.4 is 0 Å². The summed E-state index contributed by atoms with van der Waals surface area (Å²) in [4.78, 5) is 15.1. The number of aromatic nitrogens is 3. The molecule has 0 fully saturated rings. The van der Waals surface area contributed by atoms with Gasteiger partial charge < -0.3 is 8.83 Å². The predicted molar refractivity (Wildman–Crippen MR) is 245 cm³/mol. The van der Waals surface area contributed by atoms with E-state index in [-0.39, 0.29) is 0 Å². The molecule has 0 radical (unpaired) electrons. The van der Waals surface area contributed by atoms with Crippen LogP contribution in [0.3, 0.4) is 0 Å². The molecule has 12 rings (SSSR count). The number of fused-ring (bicyclic) bond motifs is 7. The van der Waals surface area contributed by atoms with Gasteiger partial charge in [0.25, 0.3) is 0 Å². The van der Waals surface area contributed by atoms with Crippen LogP contribution in [0.4, 0.5) is 0 Å². The van der Waals surface area contributed by atoms with Crippen LogP contribution in [-0.2, 0) is 0 Å². The average Bonchev–Trinajstić information content (AvgIpc) is 3.90. The van der Waals surface area contributed by atoms with Gasteiger partial charge in [0, 0.05) is 72.7 Å². The third kappa shape index (κ3) is 5.67. The van der Waals surface area contributed by atoms with E-state index >= 15 is 0 Å². The number of para-hydroxylation sites is 4. The van der Waals surface area contributed by atoms with Gasteiger partial charge in [0.1, 0.15) is 22.3 Å². The highest BCUT2D eigenvalue weighted by molar-refractivity contribution is 6.12. The average molecular weight is 768 g/mol. The van der Waals surface area contributed by atoms with Crippen LogP contribution in [0.2, 0.25) is 0 Å². The summed E-state index contributed by atoms with van der Waals surface area (Å²) >= 11 is 0. The van der Waals surface area contributed by atoms with Crippen molar-refractivity contribution in [2.24, 2.45) is 0 Å². The van der Waals surface area contributed by atoms with Gasteiger partial charge in [0.2, 0.25) is 0 Å². The van der Waals surface area contributed by atoms with Crippen LogP contribution in [0.15, 0.2) is 209 Å². The molecule has 12 aromatic rings. The first-order valence-electron chi connectivity index (χ1n) is 20.1. The SMILES string of the molecule is c1ccc(-c2cc(-c3cc(-c4cccc5c4oc4ccccc45)cc(-c4cccc5c4oc4ccccc45)c3)nc(-c3ccc(-c4cncc5ccccc45)cc3)n2)cc1. The summed E-state index contributed by atoms with van der Waals surface area (Å²) in [6, 6.07) is 65.2. The molecule has 5 nitrogen and oxygen atoms in total. The Bertz CT molecular complexity index is 3470. The van der Waals surface area contributed by atoms with Crippen LogP contribution in [0.1, 0.15) is 0 Å². The maximum Gasteiger partial charge on any atom is 0.160 e. The van der Waals surface area contributed by atoms with Crippen LogP contribution >= 0.6 is 0 Å². The second-order valence-corrected chi connectivity index (χ2v) is 15.2. The molecule has 8 aromatic carbocycles. The lowest BCUT2D eigenvalue weighted by Crippen LogP contribution is -1.97. The number of hydrogen-bond acceptors (Lipinski definition) is 5. The van der Waals surface area contributed by atoms with Crippen molar-refractivity contribution in [1.82, 2.24) is 15.0 Å². The minimum Gasteiger partial charge on any atom is -0.455 e. The van der Waals surface area contributed by atoms with Gasteiger partial charge in [-0.15, -0.1) is 0 Å². The molecule has 280 valence electrons. The molecule has 5 heteroatoms. The molecule has 0 bridgehead atoms. The van der Waals surface area contributed by atoms with Gasteiger partial charge in [-0.2, -0.15) is 0 Å². The normalized spacial score (nSPS) is 11.7. The van der Waals surface area contributed by atoms with E-state index in [1.54, 1.807) is 0 Å². The first-order chi connectivity index (χ1) is 29.7. The Kier molecular flexibility index (Phi) is 7.78. The fraction of sp³-hybridized carbons (Fsp3) is 0. The fourth-order valence-electron chi connectivity index (χ4n) is 8.66. The second-order valence-electron chi connectivity index (χ2n) is 15.2. The zero-order chi connectivity index (χ0) is 39.6. The highest BCUT2D eigenvalue weighted by Crippen LogP contribution is 2.42. The summed E-state index contributed by atoms with van der Waals surface area (Å²) in [5.41, 5.74) is 14.1. The Morgan fingerprint density at radius 2 is 0.833 bits per heavy atom. The molecule has 0 atom stereocenters. The molecule has 0 amide bonds. The van der Waals surface area contributed by atoms with E-state index in [2.05, 4.69) is 145 Å². The van der Waals surface area contributed by atoms with Crippen LogP contribution in [0.25, 0.3) is 122 Å². The number of benzene rings is 8. The van der Waals surface area contributed by atoms with E-state index in [1.807, 2.05) is 60.9 Å². The van der Waals surface area contributed by atoms with Gasteiger partial charge in [-0.05, 0) is 58.5 Å². The van der Waals surface area contributed by atoms with Crippen molar-refractivity contribution in [2.75, 3.05) is 0 Å². The van der Waals surface area contributed by atoms with E-state index < -0.39 is 0 Å². The maximum absolute atomic E-state index is 6.61. The minimum atomic E-state index is 0.639. The quantitative estimate of drug-likeness (QED) is 0.169. The van der Waals surface area contributed by atoms with Gasteiger partial charge in [-0.1, -0.05) is 152 Å². The predicted octanol–water partition coefficient (Wildman–Crippen LogP) is 14.8. The molecule has 0 aliphatic heterocycles. The van der Waals surface area contributed by atoms with E-state index in [4.69, 9.17) is 18.8 Å². The molecule has 0 aliphatic carbocycles. The van der Waals surface area contributed by atoms with Gasteiger partial charge in [0.05, 0.1) is 11.4 Å². The Hall–Kier alpha value is -8.15. The topological polar surface area (TPSA) is 65.0 Å². The number of nitrogens with zero attached hydrogens (tertiary/aromatic N) is 3. The molecule has 4 aromatic heterocycles. The fourth-order valence-corrected chi connectivity index (χ4v) is 8.66. The van der Waals surface area contributed by atoms with Crippen molar-refractivity contribution in [3.05, 3.63) is 200 Å². The Morgan fingerprint density at radius 1 is 0.317 bits per heavy atom. The summed E-state index contributed by atoms with van der Waals surface area (Å²) in [7, 11) is 0. The van der Waals surface area contributed by atoms with Crippen LogP contribution in [0.5, 0.6) is 0 Å². The Morgan fingerprint density at radius 3 is 1.48 bits per heavy atom. The van der Waals surface area contributed by atoms with Crippen molar-refractivity contribution in [3.8, 4) is 67.3 Å². The number of hydrogen-bond donors (Lipinski definition) is 0. The highest BCUT2D eigenvalue weighted by Gasteiger charge is 2.19. The summed E-state index contributed by atoms with van der Waals surface area (Å²) in [6.45, 7) is 0. The van der Waals surface area contributed by atoms with Crippen LogP contribution in [-0.4, -0.2) is 15.0 Å². The number of pyridine rings is 1. The van der Waals surface area contributed by atoms with Crippen molar-refractivity contribution in [3.63, 3.8) is 0 Å². The van der Waals surface area contributed by atoms with Gasteiger partial charge >= 0.3 is 0 Å². The monoisotopic (exact) mass is 767 g/mol. The van der Waals surface area contributed by atoms with Gasteiger partial charge in [-0.3, -0.25) is 4.98 Å². The molecule has 60 heavy (non-hydrogen) atoms. The molecule has 0 saturated heterocycles. The zero-order valence-corrected chi connectivity index (χ0v) is 32.2. The van der Waals surface area contributed by atoms with E-state index in [1.165, 1.54) is 0 Å². The van der Waals surface area contributed by atoms with E-state index in [9.17, 15) is 0 Å². The number of rotatable bonds is 6. The Labute approximate surface area is 344 Å². The molecular formula is C55H33N3O2. The Balaban J connectivity index is 1.07. The molecular weight excluding hydrogens is 735 g/mol. The minimum absolute atomic E-state index is 0.639. The first-order valence-corrected chi connectivity index (χ1v) is 20.1. The first kappa shape index (κ1) is 33.9. The van der Waals surface area contributed by atoms with E-state index in [0.717, 1.165) is 116 Å². The third-order valence-electron chi connectivity index (χ3n) is 11.6. The molecule has 0 saturated carbocycles. The third-order valence-corrected chi connectivity index (χ3v) is 11.6. The van der Waals surface area contributed by atoms with Crippen molar-refractivity contribution in [1.29, 1.82) is 0 Å². The van der Waals surface area contributed by atoms with Gasteiger partial charge in [0.15, 0.2) is 5.82 Å². The van der Waals surface area contributed by atoms with Crippen molar-refractivity contribution in [2.45, 2.75) is 0 Å². The largest absolute Gasteiger partial charge is 0.455 e. The van der Waals surface area contributed by atoms with E-state index in [0.29, 0.717) is 5.82 Å². The summed E-state index contributed by atoms with van der Waals surface area (Å²) in [5, 5.41) is 6.61. The second kappa shape index (κ2) is 13.8. The smallest absolute Gasteiger partial charge is 0.160 e. The summed E-state index contributed by atoms with van der Waals surface area (Å²) < 4.78 is 13.2. The molecule has 0 aliphatic rings. The zero-order valence-electron chi connectivity index (χ0n) is 32.2. The van der Waals surface area contributed by atoms with Crippen molar-refractivity contribution >= 4 is 54.6 Å². The van der Waals surface area contributed by atoms with Gasteiger partial charge in [-0.25, -0.2) is 9.97 Å². The lowest BCUT2D eigenvalue weighted by Gasteiger charge is -2.14. The number of furan rings is 2. The standard InChI is InChI=1S/C55H33N3O2/c1-2-12-35(13-3-1)49-31-50(58-55(57-49)36-26-24-34(25-27-36)48-33-56-32-37-14-4-5-15-41(37)48)40-29-38(42-18-10-20-46-44-16-6-8-22-51(44)59-53(42)46)28-39(30-40)43-19-11-21-47-45-17-7-9-23-52(45)60-54(43)47/h1-33H. The molecule has 0 N–H and O–H groups in total. The maximum atomic E-state index is 6.61. The highest BCUT2D eigenvalue weighted by atomic mass is 16.3.